The van der Waals surface area contributed by atoms with Crippen LogP contribution in [0.4, 0.5) is 4.79 Å². The number of carbonyl (C=O) groups excluding carboxylic acids is 1. The maximum absolute atomic E-state index is 12.3. The Morgan fingerprint density at radius 3 is 2.57 bits per heavy atom. The van der Waals surface area contributed by atoms with Crippen molar-refractivity contribution in [3.05, 3.63) is 0 Å². The van der Waals surface area contributed by atoms with Crippen LogP contribution in [0.1, 0.15) is 46.5 Å². The molecule has 1 saturated heterocycles. The summed E-state index contributed by atoms with van der Waals surface area (Å²) in [5, 5.41) is 12.4. The van der Waals surface area contributed by atoms with Crippen molar-refractivity contribution in [1.29, 1.82) is 0 Å². The maximum Gasteiger partial charge on any atom is 0.317 e. The Balaban J connectivity index is 1.85. The number of piperidine rings is 1. The van der Waals surface area contributed by atoms with E-state index in [2.05, 4.69) is 12.2 Å². The van der Waals surface area contributed by atoms with Gasteiger partial charge in [0.25, 0.3) is 0 Å². The Morgan fingerprint density at radius 1 is 1.33 bits per heavy atom. The minimum absolute atomic E-state index is 0.0235. The van der Waals surface area contributed by atoms with E-state index in [4.69, 9.17) is 0 Å². The van der Waals surface area contributed by atoms with Gasteiger partial charge >= 0.3 is 12.0 Å². The van der Waals surface area contributed by atoms with E-state index in [1.807, 2.05) is 0 Å². The molecular weight excluding hydrogens is 268 g/mol. The second-order valence-corrected chi connectivity index (χ2v) is 7.31. The van der Waals surface area contributed by atoms with E-state index in [1.165, 1.54) is 12.8 Å². The second kappa shape index (κ2) is 6.24. The van der Waals surface area contributed by atoms with Gasteiger partial charge in [-0.15, -0.1) is 0 Å². The fourth-order valence-corrected chi connectivity index (χ4v) is 3.12. The Morgan fingerprint density at radius 2 is 2.00 bits per heavy atom. The van der Waals surface area contributed by atoms with Gasteiger partial charge in [-0.25, -0.2) is 4.79 Å². The van der Waals surface area contributed by atoms with Crippen LogP contribution < -0.4 is 5.32 Å². The molecule has 0 spiro atoms. The zero-order valence-corrected chi connectivity index (χ0v) is 13.4. The van der Waals surface area contributed by atoms with Crippen LogP contribution in [0, 0.1) is 23.2 Å². The topological polar surface area (TPSA) is 69.6 Å². The second-order valence-electron chi connectivity index (χ2n) is 7.31. The predicted octanol–water partition coefficient (Wildman–Crippen LogP) is 2.56. The Kier molecular flexibility index (Phi) is 4.79. The van der Waals surface area contributed by atoms with Crippen LogP contribution in [0.3, 0.4) is 0 Å². The average Bonchev–Trinajstić information content (AvgIpc) is 3.29. The highest BCUT2D eigenvalue weighted by Crippen LogP contribution is 2.36. The number of nitrogens with zero attached hydrogens (tertiary/aromatic N) is 1. The molecule has 2 atom stereocenters. The van der Waals surface area contributed by atoms with Crippen molar-refractivity contribution in [1.82, 2.24) is 10.2 Å². The fraction of sp³-hybridized carbons (Fsp3) is 0.875. The summed E-state index contributed by atoms with van der Waals surface area (Å²) < 4.78 is 0. The summed E-state index contributed by atoms with van der Waals surface area (Å²) in [6.07, 6.45) is 4.33. The fourth-order valence-electron chi connectivity index (χ4n) is 3.12. The first-order chi connectivity index (χ1) is 9.82. The first kappa shape index (κ1) is 16.1. The number of hydrogen-bond acceptors (Lipinski definition) is 2. The van der Waals surface area contributed by atoms with Gasteiger partial charge in [0, 0.05) is 19.6 Å². The van der Waals surface area contributed by atoms with Crippen LogP contribution in [0.15, 0.2) is 0 Å². The van der Waals surface area contributed by atoms with Gasteiger partial charge in [0.2, 0.25) is 0 Å². The molecular formula is C16H28N2O3. The van der Waals surface area contributed by atoms with Crippen LogP contribution in [0.5, 0.6) is 0 Å². The van der Waals surface area contributed by atoms with Gasteiger partial charge in [0.1, 0.15) is 0 Å². The highest BCUT2D eigenvalue weighted by Gasteiger charge is 2.40. The summed E-state index contributed by atoms with van der Waals surface area (Å²) in [7, 11) is 0. The Hall–Kier alpha value is -1.26. The molecule has 1 heterocycles. The molecule has 5 nitrogen and oxygen atoms in total. The highest BCUT2D eigenvalue weighted by molar-refractivity contribution is 5.76. The molecule has 0 radical (unpaired) electrons. The van der Waals surface area contributed by atoms with Gasteiger partial charge in [-0.05, 0) is 57.3 Å². The van der Waals surface area contributed by atoms with Gasteiger partial charge in [0.05, 0.1) is 5.41 Å². The minimum atomic E-state index is -0.780. The van der Waals surface area contributed by atoms with Gasteiger partial charge in [-0.3, -0.25) is 4.79 Å². The van der Waals surface area contributed by atoms with Crippen LogP contribution in [0.25, 0.3) is 0 Å². The van der Waals surface area contributed by atoms with Gasteiger partial charge in [0.15, 0.2) is 0 Å². The molecule has 1 aliphatic heterocycles. The number of likely N-dealkylation sites (tertiary alicyclic amines) is 1. The van der Waals surface area contributed by atoms with Crippen molar-refractivity contribution < 1.29 is 14.7 Å². The highest BCUT2D eigenvalue weighted by atomic mass is 16.4. The molecule has 2 aliphatic rings. The number of urea groups is 1. The lowest BCUT2D eigenvalue weighted by Crippen LogP contribution is -2.50. The van der Waals surface area contributed by atoms with Crippen LogP contribution in [0.2, 0.25) is 0 Å². The molecule has 1 aliphatic carbocycles. The summed E-state index contributed by atoms with van der Waals surface area (Å²) in [5.41, 5.74) is -0.778. The number of amides is 2. The van der Waals surface area contributed by atoms with Crippen molar-refractivity contribution in [3.8, 4) is 0 Å². The van der Waals surface area contributed by atoms with Gasteiger partial charge in [-0.2, -0.15) is 0 Å². The lowest BCUT2D eigenvalue weighted by molar-refractivity contribution is -0.151. The third-order valence-electron chi connectivity index (χ3n) is 5.28. The van der Waals surface area contributed by atoms with Crippen LogP contribution in [-0.4, -0.2) is 41.6 Å². The number of nitrogens with one attached hydrogen (secondary N) is 1. The van der Waals surface area contributed by atoms with Gasteiger partial charge in [-0.1, -0.05) is 6.92 Å². The Bertz CT molecular complexity index is 404. The molecule has 2 unspecified atom stereocenters. The molecule has 2 fully saturated rings. The lowest BCUT2D eigenvalue weighted by Gasteiger charge is -2.39. The molecule has 2 amide bonds. The quantitative estimate of drug-likeness (QED) is 0.819. The largest absolute Gasteiger partial charge is 0.481 e. The number of aliphatic carboxylic acids is 1. The monoisotopic (exact) mass is 296 g/mol. The minimum Gasteiger partial charge on any atom is -0.481 e. The van der Waals surface area contributed by atoms with E-state index < -0.39 is 11.4 Å². The van der Waals surface area contributed by atoms with Crippen molar-refractivity contribution in [3.63, 3.8) is 0 Å². The molecule has 0 aromatic rings. The molecule has 2 N–H and O–H groups in total. The van der Waals surface area contributed by atoms with E-state index in [0.717, 1.165) is 31.8 Å². The number of rotatable bonds is 5. The number of carboxylic acid groups (broad SMARTS) is 1. The van der Waals surface area contributed by atoms with Crippen molar-refractivity contribution in [2.24, 2.45) is 23.2 Å². The van der Waals surface area contributed by atoms with E-state index in [0.29, 0.717) is 12.5 Å². The number of carboxylic acids is 1. The first-order valence-electron chi connectivity index (χ1n) is 8.08. The van der Waals surface area contributed by atoms with E-state index >= 15 is 0 Å². The molecule has 2 rings (SSSR count). The third-order valence-corrected chi connectivity index (χ3v) is 5.28. The Labute approximate surface area is 127 Å². The van der Waals surface area contributed by atoms with E-state index in [-0.39, 0.29) is 11.9 Å². The summed E-state index contributed by atoms with van der Waals surface area (Å²) >= 11 is 0. The SMILES string of the molecule is CC(CNC(=O)N1CCCC(C(C)(C)C(=O)O)C1)C1CC1. The van der Waals surface area contributed by atoms with E-state index in [9.17, 15) is 14.7 Å². The third kappa shape index (κ3) is 3.89. The van der Waals surface area contributed by atoms with E-state index in [1.54, 1.807) is 18.7 Å². The van der Waals surface area contributed by atoms with Gasteiger partial charge < -0.3 is 15.3 Å². The maximum atomic E-state index is 12.3. The first-order valence-corrected chi connectivity index (χ1v) is 8.08. The predicted molar refractivity (Wildman–Crippen MR) is 81.0 cm³/mol. The lowest BCUT2D eigenvalue weighted by atomic mass is 9.74. The zero-order valence-electron chi connectivity index (χ0n) is 13.4. The average molecular weight is 296 g/mol. The summed E-state index contributed by atoms with van der Waals surface area (Å²) in [5.74, 6) is 0.572. The molecule has 21 heavy (non-hydrogen) atoms. The van der Waals surface area contributed by atoms with Crippen molar-refractivity contribution >= 4 is 12.0 Å². The normalized spacial score (nSPS) is 24.5. The molecule has 0 bridgehead atoms. The summed E-state index contributed by atoms with van der Waals surface area (Å²) in [4.78, 5) is 25.4. The zero-order chi connectivity index (χ0) is 15.6. The van der Waals surface area contributed by atoms with Crippen LogP contribution in [-0.2, 0) is 4.79 Å². The summed E-state index contributed by atoms with van der Waals surface area (Å²) in [6, 6.07) is -0.0339. The van der Waals surface area contributed by atoms with Crippen molar-refractivity contribution in [2.45, 2.75) is 46.5 Å². The number of carbonyl (C=O) groups is 2. The summed E-state index contributed by atoms with van der Waals surface area (Å²) in [6.45, 7) is 7.71. The van der Waals surface area contributed by atoms with Crippen molar-refractivity contribution in [2.75, 3.05) is 19.6 Å². The molecule has 0 aromatic carbocycles. The number of hydrogen-bond donors (Lipinski definition) is 2. The smallest absolute Gasteiger partial charge is 0.317 e. The molecule has 5 heteroatoms. The van der Waals surface area contributed by atoms with Crippen LogP contribution >= 0.6 is 0 Å². The molecule has 1 saturated carbocycles. The standard InChI is InChI=1S/C16H28N2O3/c1-11(12-6-7-12)9-17-15(21)18-8-4-5-13(10-18)16(2,3)14(19)20/h11-13H,4-10H2,1-3H3,(H,17,21)(H,19,20). The molecule has 0 aromatic heterocycles. The molecule has 120 valence electrons.